The highest BCUT2D eigenvalue weighted by molar-refractivity contribution is 7.94. The predicted octanol–water partition coefficient (Wildman–Crippen LogP) is 4.61. The van der Waals surface area contributed by atoms with E-state index in [4.69, 9.17) is 0 Å². The van der Waals surface area contributed by atoms with Crippen LogP contribution in [-0.4, -0.2) is 28.2 Å². The first-order valence-electron chi connectivity index (χ1n) is 8.36. The lowest BCUT2D eigenvalue weighted by Gasteiger charge is -2.14. The third-order valence-corrected chi connectivity index (χ3v) is 5.33. The zero-order chi connectivity index (χ0) is 19.4. The molecule has 6 nitrogen and oxygen atoms in total. The van der Waals surface area contributed by atoms with Gasteiger partial charge in [-0.25, -0.2) is 0 Å². The molecule has 0 fully saturated rings. The standard InChI is InChI=1S/C18H20FN5OS2/c1-10-4-5-12(8-10)9-21-16-17(24-27-23-16)22-13-6-7-14(26-19)15(11(13)2)18(25)20-3/h4-7H,8-9H2,1-3H3,(H,20,25)(H,21,23)(H,22,24). The number of rotatable bonds is 7. The molecule has 3 N–H and O–H groups in total. The second-order valence-corrected chi connectivity index (χ2v) is 7.34. The molecule has 3 rings (SSSR count). The third-order valence-electron chi connectivity index (χ3n) is 4.30. The van der Waals surface area contributed by atoms with Gasteiger partial charge in [-0.2, -0.15) is 12.6 Å². The van der Waals surface area contributed by atoms with Gasteiger partial charge < -0.3 is 16.0 Å². The Kier molecular flexibility index (Phi) is 6.12. The quantitative estimate of drug-likeness (QED) is 0.624. The normalized spacial score (nSPS) is 13.2. The highest BCUT2D eigenvalue weighted by Gasteiger charge is 2.18. The molecular weight excluding hydrogens is 385 g/mol. The van der Waals surface area contributed by atoms with Gasteiger partial charge in [-0.15, -0.1) is 0 Å². The van der Waals surface area contributed by atoms with E-state index in [-0.39, 0.29) is 23.0 Å². The van der Waals surface area contributed by atoms with Crippen molar-refractivity contribution in [2.24, 2.45) is 0 Å². The third kappa shape index (κ3) is 4.30. The van der Waals surface area contributed by atoms with E-state index in [1.54, 1.807) is 19.1 Å². The van der Waals surface area contributed by atoms with E-state index in [9.17, 15) is 8.68 Å². The lowest BCUT2D eigenvalue weighted by Crippen LogP contribution is -2.20. The molecule has 1 aliphatic rings. The molecule has 2 aromatic rings. The van der Waals surface area contributed by atoms with Gasteiger partial charge >= 0.3 is 0 Å². The van der Waals surface area contributed by atoms with Gasteiger partial charge in [-0.1, -0.05) is 17.7 Å². The van der Waals surface area contributed by atoms with E-state index >= 15 is 0 Å². The number of carbonyl (C=O) groups excluding carboxylic acids is 1. The minimum atomic E-state index is -0.331. The Labute approximate surface area is 166 Å². The minimum Gasteiger partial charge on any atom is -0.362 e. The molecule has 1 aromatic heterocycles. The number of hydrogen-bond donors (Lipinski definition) is 3. The number of aromatic nitrogens is 2. The van der Waals surface area contributed by atoms with Crippen molar-refractivity contribution in [1.82, 2.24) is 14.1 Å². The SMILES string of the molecule is CNC(=O)c1c(SF)ccc(Nc2nsnc2NCC2=CC=C(C)C2)c1C. The Morgan fingerprint density at radius 1 is 1.26 bits per heavy atom. The number of hydrogen-bond acceptors (Lipinski definition) is 7. The maximum Gasteiger partial charge on any atom is 0.252 e. The van der Waals surface area contributed by atoms with Crippen molar-refractivity contribution < 1.29 is 8.68 Å². The number of nitrogens with one attached hydrogen (secondary N) is 3. The number of amides is 1. The van der Waals surface area contributed by atoms with Gasteiger partial charge in [0.2, 0.25) is 0 Å². The number of allylic oxidation sites excluding steroid dienone is 3. The summed E-state index contributed by atoms with van der Waals surface area (Å²) in [6.45, 7) is 4.57. The smallest absolute Gasteiger partial charge is 0.252 e. The van der Waals surface area contributed by atoms with Crippen LogP contribution in [0, 0.1) is 6.92 Å². The molecule has 1 heterocycles. The van der Waals surface area contributed by atoms with Gasteiger partial charge in [-0.05, 0) is 43.5 Å². The number of anilines is 3. The summed E-state index contributed by atoms with van der Waals surface area (Å²) >= 11 is 1.15. The van der Waals surface area contributed by atoms with E-state index in [2.05, 4.69) is 43.8 Å². The summed E-state index contributed by atoms with van der Waals surface area (Å²) in [5.41, 5.74) is 4.26. The summed E-state index contributed by atoms with van der Waals surface area (Å²) in [6, 6.07) is 3.31. The second-order valence-electron chi connectivity index (χ2n) is 6.22. The number of halogens is 1. The molecule has 142 valence electrons. The Bertz CT molecular complexity index is 922. The van der Waals surface area contributed by atoms with Gasteiger partial charge in [0.05, 0.1) is 34.3 Å². The highest BCUT2D eigenvalue weighted by Crippen LogP contribution is 2.33. The Hall–Kier alpha value is -2.39. The molecule has 0 aliphatic heterocycles. The average Bonchev–Trinajstić information content (AvgIpc) is 3.29. The van der Waals surface area contributed by atoms with Crippen LogP contribution in [0.2, 0.25) is 0 Å². The van der Waals surface area contributed by atoms with Crippen molar-refractivity contribution in [2.45, 2.75) is 25.2 Å². The highest BCUT2D eigenvalue weighted by atomic mass is 32.2. The van der Waals surface area contributed by atoms with Gasteiger partial charge in [0.15, 0.2) is 11.6 Å². The molecule has 0 atom stereocenters. The number of carbonyl (C=O) groups is 1. The largest absolute Gasteiger partial charge is 0.362 e. The fourth-order valence-electron chi connectivity index (χ4n) is 2.86. The first-order valence-corrected chi connectivity index (χ1v) is 9.81. The summed E-state index contributed by atoms with van der Waals surface area (Å²) < 4.78 is 21.8. The average molecular weight is 406 g/mol. The van der Waals surface area contributed by atoms with E-state index < -0.39 is 0 Å². The van der Waals surface area contributed by atoms with E-state index in [0.29, 0.717) is 35.0 Å². The fourth-order valence-corrected chi connectivity index (χ4v) is 3.79. The topological polar surface area (TPSA) is 78.9 Å². The van der Waals surface area contributed by atoms with Crippen LogP contribution in [0.15, 0.2) is 40.3 Å². The Balaban J connectivity index is 1.78. The molecule has 1 amide bonds. The van der Waals surface area contributed by atoms with Gasteiger partial charge in [0.1, 0.15) is 0 Å². The van der Waals surface area contributed by atoms with E-state index in [1.807, 2.05) is 0 Å². The molecule has 1 aliphatic carbocycles. The van der Waals surface area contributed by atoms with Crippen LogP contribution in [-0.2, 0) is 0 Å². The molecule has 0 unspecified atom stereocenters. The van der Waals surface area contributed by atoms with Crippen LogP contribution >= 0.6 is 23.9 Å². The van der Waals surface area contributed by atoms with Crippen molar-refractivity contribution in [1.29, 1.82) is 0 Å². The predicted molar refractivity (Wildman–Crippen MR) is 110 cm³/mol. The molecule has 0 saturated heterocycles. The van der Waals surface area contributed by atoms with Gasteiger partial charge in [0.25, 0.3) is 5.91 Å². The maximum atomic E-state index is 13.2. The van der Waals surface area contributed by atoms with Crippen molar-refractivity contribution in [3.8, 4) is 0 Å². The molecule has 1 aromatic carbocycles. The monoisotopic (exact) mass is 405 g/mol. The van der Waals surface area contributed by atoms with E-state index in [1.165, 1.54) is 18.2 Å². The van der Waals surface area contributed by atoms with Crippen molar-refractivity contribution in [2.75, 3.05) is 24.2 Å². The molecule has 9 heteroatoms. The van der Waals surface area contributed by atoms with Crippen molar-refractivity contribution >= 4 is 47.1 Å². The first-order chi connectivity index (χ1) is 13.0. The summed E-state index contributed by atoms with van der Waals surface area (Å²) in [7, 11) is 1.52. The molecule has 27 heavy (non-hydrogen) atoms. The molecule has 0 radical (unpaired) electrons. The summed E-state index contributed by atoms with van der Waals surface area (Å²) in [6.07, 6.45) is 5.19. The number of nitrogens with zero attached hydrogens (tertiary/aromatic N) is 2. The van der Waals surface area contributed by atoms with Crippen LogP contribution in [0.25, 0.3) is 0 Å². The van der Waals surface area contributed by atoms with Crippen molar-refractivity contribution in [3.05, 3.63) is 46.6 Å². The molecule has 0 bridgehead atoms. The van der Waals surface area contributed by atoms with Crippen LogP contribution in [0.4, 0.5) is 21.2 Å². The lowest BCUT2D eigenvalue weighted by atomic mass is 10.1. The van der Waals surface area contributed by atoms with Crippen molar-refractivity contribution in [3.63, 3.8) is 0 Å². The Morgan fingerprint density at radius 3 is 2.70 bits per heavy atom. The van der Waals surface area contributed by atoms with Crippen LogP contribution in [0.3, 0.4) is 0 Å². The summed E-state index contributed by atoms with van der Waals surface area (Å²) in [5.74, 6) is 0.896. The second kappa shape index (κ2) is 8.53. The molecule has 0 spiro atoms. The lowest BCUT2D eigenvalue weighted by molar-refractivity contribution is 0.0959. The van der Waals surface area contributed by atoms with Crippen LogP contribution in [0.5, 0.6) is 0 Å². The maximum absolute atomic E-state index is 13.2. The number of benzene rings is 1. The zero-order valence-electron chi connectivity index (χ0n) is 15.2. The summed E-state index contributed by atoms with van der Waals surface area (Å²) in [4.78, 5) is 12.4. The van der Waals surface area contributed by atoms with Crippen LogP contribution < -0.4 is 16.0 Å². The van der Waals surface area contributed by atoms with Gasteiger partial charge in [-0.3, -0.25) is 4.79 Å². The fraction of sp³-hybridized carbons (Fsp3) is 0.278. The zero-order valence-corrected chi connectivity index (χ0v) is 16.9. The molecular formula is C18H20FN5OS2. The first kappa shape index (κ1) is 19.4. The van der Waals surface area contributed by atoms with Gasteiger partial charge in [0, 0.05) is 19.3 Å². The minimum absolute atomic E-state index is 0.0574. The van der Waals surface area contributed by atoms with Crippen LogP contribution in [0.1, 0.15) is 29.3 Å². The molecule has 0 saturated carbocycles. The summed E-state index contributed by atoms with van der Waals surface area (Å²) in [5, 5.41) is 9.05. The van der Waals surface area contributed by atoms with E-state index in [0.717, 1.165) is 18.1 Å². The Morgan fingerprint density at radius 2 is 2.04 bits per heavy atom.